The zero-order valence-electron chi connectivity index (χ0n) is 38.1. The normalized spacial score (nSPS) is 30.3. The molecule has 0 spiro atoms. The van der Waals surface area contributed by atoms with E-state index >= 15 is 0 Å². The molecule has 17 nitrogen and oxygen atoms in total. The predicted octanol–water partition coefficient (Wildman–Crippen LogP) is 4.01. The third-order valence-electron chi connectivity index (χ3n) is 14.4. The molecule has 5 fully saturated rings. The fourth-order valence-electron chi connectivity index (χ4n) is 9.85. The first-order valence-corrected chi connectivity index (χ1v) is 24.9. The Hall–Kier alpha value is -4.97. The van der Waals surface area contributed by atoms with Gasteiger partial charge in [0, 0.05) is 24.3 Å². The van der Waals surface area contributed by atoms with Crippen LogP contribution in [-0.2, 0) is 40.4 Å². The molecule has 2 saturated heterocycles. The number of alkyl carbamates (subject to hydrolysis) is 1. The van der Waals surface area contributed by atoms with Crippen molar-refractivity contribution >= 4 is 50.6 Å². The maximum absolute atomic E-state index is 14.9. The summed E-state index contributed by atoms with van der Waals surface area (Å²) >= 11 is 0. The molecule has 8 rings (SSSR count). The number of para-hydroxylation sites is 1. The van der Waals surface area contributed by atoms with E-state index in [4.69, 9.17) is 24.9 Å². The van der Waals surface area contributed by atoms with Crippen molar-refractivity contribution in [1.82, 2.24) is 30.1 Å². The number of nitrogens with zero attached hydrogens (tertiary/aromatic N) is 3. The molecule has 3 aliphatic carbocycles. The van der Waals surface area contributed by atoms with Crippen LogP contribution in [0.3, 0.4) is 0 Å². The summed E-state index contributed by atoms with van der Waals surface area (Å²) in [5.41, 5.74) is 4.68. The minimum Gasteiger partial charge on any atom is -0.492 e. The summed E-state index contributed by atoms with van der Waals surface area (Å²) in [4.78, 5) is 77.4. The summed E-state index contributed by atoms with van der Waals surface area (Å²) in [5, 5.41) is 6.49. The topological polar surface area (TPSA) is 229 Å². The van der Waals surface area contributed by atoms with Gasteiger partial charge < -0.3 is 35.5 Å². The lowest BCUT2D eigenvalue weighted by atomic mass is 9.85. The average Bonchev–Trinajstić information content (AvgIpc) is 4.20. The summed E-state index contributed by atoms with van der Waals surface area (Å²) in [5.74, 6) is -1.75. The molecule has 0 radical (unpaired) electrons. The fourth-order valence-corrected chi connectivity index (χ4v) is 11.2. The van der Waals surface area contributed by atoms with Gasteiger partial charge in [0.05, 0.1) is 35.0 Å². The van der Waals surface area contributed by atoms with Crippen LogP contribution in [0.2, 0.25) is 0 Å². The van der Waals surface area contributed by atoms with E-state index in [9.17, 15) is 32.4 Å². The zero-order chi connectivity index (χ0) is 46.5. The highest BCUT2D eigenvalue weighted by molar-refractivity contribution is 7.91. The van der Waals surface area contributed by atoms with Crippen molar-refractivity contribution < 1.29 is 46.6 Å². The van der Waals surface area contributed by atoms with E-state index in [1.54, 1.807) is 6.92 Å². The first-order chi connectivity index (χ1) is 30.8. The molecule has 2 aromatic rings. The second-order valence-corrected chi connectivity index (χ2v) is 22.6. The number of amides is 5. The zero-order valence-corrected chi connectivity index (χ0v) is 38.9. The molecule has 1 aromatic heterocycles. The van der Waals surface area contributed by atoms with E-state index in [0.717, 1.165) is 62.4 Å². The number of pyridine rings is 1. The Morgan fingerprint density at radius 2 is 1.83 bits per heavy atom. The average molecular weight is 920 g/mol. The smallest absolute Gasteiger partial charge is 0.408 e. The molecule has 3 saturated carbocycles. The largest absolute Gasteiger partial charge is 0.492 e. The SMILES string of the molecule is C=C[C@@H]1C[C@]1(NC(=O)[C@@H]1C[C@@H]2CN1C(=O)[C@H](C(C)(C)C)NC(=O)O[C@@H]1C[C@H]1CCCCCc1c(nc3ccccc3c1OCCCN1CCC[C@@H]1C(N)=O)O2)C(=O)NS(=O)(=O)C1(C)CC1. The van der Waals surface area contributed by atoms with Crippen LogP contribution in [0.5, 0.6) is 11.6 Å². The minimum absolute atomic E-state index is 0.00351. The molecule has 3 aliphatic heterocycles. The second-order valence-electron chi connectivity index (χ2n) is 20.4. The number of rotatable bonds is 12. The predicted molar refractivity (Wildman–Crippen MR) is 241 cm³/mol. The van der Waals surface area contributed by atoms with Crippen molar-refractivity contribution in [3.8, 4) is 11.6 Å². The van der Waals surface area contributed by atoms with Crippen LogP contribution in [0.4, 0.5) is 4.79 Å². The van der Waals surface area contributed by atoms with Gasteiger partial charge in [-0.3, -0.25) is 28.8 Å². The van der Waals surface area contributed by atoms with Crippen molar-refractivity contribution in [2.24, 2.45) is 23.0 Å². The van der Waals surface area contributed by atoms with Crippen LogP contribution >= 0.6 is 0 Å². The number of nitrogens with one attached hydrogen (secondary N) is 3. The first-order valence-electron chi connectivity index (χ1n) is 23.4. The van der Waals surface area contributed by atoms with E-state index < -0.39 is 73.6 Å². The Morgan fingerprint density at radius 1 is 1.06 bits per heavy atom. The number of ether oxygens (including phenoxy) is 3. The molecule has 5 N–H and O–H groups in total. The van der Waals surface area contributed by atoms with Gasteiger partial charge in [0.15, 0.2) is 0 Å². The van der Waals surface area contributed by atoms with E-state index in [-0.39, 0.29) is 43.4 Å². The lowest BCUT2D eigenvalue weighted by Gasteiger charge is -2.35. The van der Waals surface area contributed by atoms with Crippen LogP contribution in [0.1, 0.15) is 110 Å². The third kappa shape index (κ3) is 9.79. The van der Waals surface area contributed by atoms with Gasteiger partial charge in [-0.2, -0.15) is 0 Å². The number of aromatic nitrogens is 1. The van der Waals surface area contributed by atoms with E-state index in [0.29, 0.717) is 56.0 Å². The van der Waals surface area contributed by atoms with Crippen molar-refractivity contribution in [2.45, 2.75) is 152 Å². The van der Waals surface area contributed by atoms with E-state index in [2.05, 4.69) is 26.8 Å². The Balaban J connectivity index is 1.11. The number of sulfonamides is 1. The minimum atomic E-state index is -4.03. The molecule has 18 heteroatoms. The molecule has 8 atom stereocenters. The molecular weight excluding hydrogens is 855 g/mol. The lowest BCUT2D eigenvalue weighted by Crippen LogP contribution is -2.60. The van der Waals surface area contributed by atoms with Crippen LogP contribution in [0, 0.1) is 17.3 Å². The Morgan fingerprint density at radius 3 is 2.54 bits per heavy atom. The van der Waals surface area contributed by atoms with Crippen LogP contribution < -0.4 is 30.6 Å². The van der Waals surface area contributed by atoms with Gasteiger partial charge in [-0.15, -0.1) is 6.58 Å². The summed E-state index contributed by atoms with van der Waals surface area (Å²) in [6.45, 7) is 12.6. The second kappa shape index (κ2) is 18.0. The standard InChI is InChI=1S/C47H65N7O10S/c1-6-29-26-47(29,43(58)52-65(60,61)46(5)19-20-46)51-40(56)35-25-30-27-54(35)42(57)38(45(2,3)4)50-44(59)64-36-24-28(36)14-8-7-9-16-32-37(31-15-10-11-17-33(31)49-41(32)63-30)62-23-13-22-53-21-12-18-34(53)39(48)55/h6,10-11,15,17,28-30,34-36,38H,1,7-9,12-14,16,18-27H2,2-5H3,(H2,48,55)(H,50,59)(H,51,56)(H,52,58)/t28-,29-,30-,34-,35+,36-,38-,47-/m1/s1. The number of carbonyl (C=O) groups is 5. The number of fused-ring (bicyclic) bond motifs is 5. The number of benzene rings is 1. The highest BCUT2D eigenvalue weighted by atomic mass is 32.2. The Bertz CT molecular complexity index is 2330. The number of likely N-dealkylation sites (tertiary alicyclic amines) is 1. The summed E-state index contributed by atoms with van der Waals surface area (Å²) in [6.07, 6.45) is 7.83. The van der Waals surface area contributed by atoms with Gasteiger partial charge in [0.1, 0.15) is 35.6 Å². The Labute approximate surface area is 381 Å². The Kier molecular flexibility index (Phi) is 12.9. The fraction of sp³-hybridized carbons (Fsp3) is 0.660. The maximum Gasteiger partial charge on any atom is 0.408 e. The van der Waals surface area contributed by atoms with Gasteiger partial charge in [-0.25, -0.2) is 18.2 Å². The third-order valence-corrected chi connectivity index (χ3v) is 16.6. The maximum atomic E-state index is 14.9. The number of carbonyl (C=O) groups excluding carboxylic acids is 5. The van der Waals surface area contributed by atoms with Crippen LogP contribution in [0.25, 0.3) is 10.9 Å². The number of hydrogen-bond acceptors (Lipinski definition) is 12. The molecular formula is C47H65N7O10S. The van der Waals surface area contributed by atoms with Gasteiger partial charge >= 0.3 is 6.09 Å². The molecule has 4 heterocycles. The molecule has 65 heavy (non-hydrogen) atoms. The molecule has 354 valence electrons. The molecule has 5 amide bonds. The lowest BCUT2D eigenvalue weighted by molar-refractivity contribution is -0.142. The highest BCUT2D eigenvalue weighted by Crippen LogP contribution is 2.47. The van der Waals surface area contributed by atoms with Crippen molar-refractivity contribution in [2.75, 3.05) is 26.2 Å². The van der Waals surface area contributed by atoms with Crippen LogP contribution in [-0.4, -0.2) is 120 Å². The van der Waals surface area contributed by atoms with Gasteiger partial charge in [0.2, 0.25) is 33.6 Å². The molecule has 0 unspecified atom stereocenters. The number of hydrogen-bond donors (Lipinski definition) is 4. The number of primary amides is 1. The van der Waals surface area contributed by atoms with Crippen molar-refractivity contribution in [3.63, 3.8) is 0 Å². The summed E-state index contributed by atoms with van der Waals surface area (Å²) in [7, 11) is -4.03. The molecule has 1 aromatic carbocycles. The first kappa shape index (κ1) is 46.6. The number of nitrogens with two attached hydrogens (primary N) is 1. The summed E-state index contributed by atoms with van der Waals surface area (Å²) in [6, 6.07) is 5.08. The van der Waals surface area contributed by atoms with Gasteiger partial charge in [-0.05, 0) is 101 Å². The molecule has 6 aliphatic rings. The van der Waals surface area contributed by atoms with Crippen LogP contribution in [0.15, 0.2) is 36.9 Å². The quantitative estimate of drug-likeness (QED) is 0.175. The van der Waals surface area contributed by atoms with Crippen molar-refractivity contribution in [1.29, 1.82) is 0 Å². The summed E-state index contributed by atoms with van der Waals surface area (Å²) < 4.78 is 46.9. The highest BCUT2D eigenvalue weighted by Gasteiger charge is 2.63. The van der Waals surface area contributed by atoms with E-state index in [1.807, 2.05) is 45.0 Å². The monoisotopic (exact) mass is 919 g/mol. The van der Waals surface area contributed by atoms with Gasteiger partial charge in [0.25, 0.3) is 5.91 Å². The van der Waals surface area contributed by atoms with E-state index in [1.165, 1.54) is 11.0 Å². The van der Waals surface area contributed by atoms with Crippen molar-refractivity contribution in [3.05, 3.63) is 42.5 Å². The molecule has 2 bridgehead atoms. The van der Waals surface area contributed by atoms with Gasteiger partial charge in [-0.1, -0.05) is 51.8 Å².